The minimum absolute atomic E-state index is 0.0103. The van der Waals surface area contributed by atoms with Crippen molar-refractivity contribution in [3.8, 4) is 23.0 Å². The van der Waals surface area contributed by atoms with Crippen molar-refractivity contribution in [3.05, 3.63) is 121 Å². The van der Waals surface area contributed by atoms with Crippen LogP contribution in [0.5, 0.6) is 23.0 Å². The first-order valence-corrected chi connectivity index (χ1v) is 18.2. The molecule has 276 valence electrons. The van der Waals surface area contributed by atoms with Gasteiger partial charge in [0.2, 0.25) is 0 Å². The van der Waals surface area contributed by atoms with Gasteiger partial charge >= 0.3 is 6.09 Å². The van der Waals surface area contributed by atoms with Crippen molar-refractivity contribution >= 4 is 39.3 Å². The topological polar surface area (TPSA) is 158 Å². The van der Waals surface area contributed by atoms with Crippen molar-refractivity contribution in [1.29, 1.82) is 0 Å². The zero-order valence-corrected chi connectivity index (χ0v) is 30.8. The van der Waals surface area contributed by atoms with E-state index in [-0.39, 0.29) is 58.6 Å². The number of sulfonamides is 1. The van der Waals surface area contributed by atoms with E-state index in [9.17, 15) is 18.0 Å². The quantitative estimate of drug-likeness (QED) is 0.108. The Morgan fingerprint density at radius 2 is 1.49 bits per heavy atom. The van der Waals surface area contributed by atoms with Crippen molar-refractivity contribution in [2.24, 2.45) is 0 Å². The molecule has 2 N–H and O–H groups in total. The van der Waals surface area contributed by atoms with Gasteiger partial charge in [0.05, 0.1) is 17.7 Å². The van der Waals surface area contributed by atoms with E-state index >= 15 is 0 Å². The third-order valence-electron chi connectivity index (χ3n) is 7.81. The van der Waals surface area contributed by atoms with Gasteiger partial charge in [-0.2, -0.15) is 0 Å². The molecular formula is C39H41N5O8S. The maximum atomic E-state index is 14.1. The van der Waals surface area contributed by atoms with Gasteiger partial charge in [-0.05, 0) is 78.6 Å². The number of methoxy groups -OCH3 is 1. The third kappa shape index (κ3) is 9.80. The van der Waals surface area contributed by atoms with Gasteiger partial charge in [0, 0.05) is 24.5 Å². The van der Waals surface area contributed by atoms with E-state index in [1.165, 1.54) is 42.5 Å². The molecular weight excluding hydrogens is 699 g/mol. The summed E-state index contributed by atoms with van der Waals surface area (Å²) in [6, 6.07) is 26.3. The SMILES string of the molecule is CCN(C(=O)c1cc(NS(=O)(=O)c2ccc(C(C)(C)C)cc2)c(Oc2ccccc2OC)c(OCCOC(=O)Nc2ccccn2)c1)c1ccccn1. The van der Waals surface area contributed by atoms with Crippen molar-refractivity contribution in [1.82, 2.24) is 9.97 Å². The number of hydrogen-bond donors (Lipinski definition) is 2. The Morgan fingerprint density at radius 3 is 2.11 bits per heavy atom. The van der Waals surface area contributed by atoms with E-state index in [4.69, 9.17) is 18.9 Å². The summed E-state index contributed by atoms with van der Waals surface area (Å²) in [4.78, 5) is 36.3. The smallest absolute Gasteiger partial charge is 0.412 e. The predicted octanol–water partition coefficient (Wildman–Crippen LogP) is 7.67. The monoisotopic (exact) mass is 739 g/mol. The fraction of sp³-hybridized carbons (Fsp3) is 0.231. The Labute approximate surface area is 309 Å². The number of anilines is 3. The molecule has 0 fully saturated rings. The zero-order chi connectivity index (χ0) is 38.0. The van der Waals surface area contributed by atoms with Crippen molar-refractivity contribution in [2.45, 2.75) is 38.0 Å². The van der Waals surface area contributed by atoms with Crippen LogP contribution in [0.1, 0.15) is 43.6 Å². The van der Waals surface area contributed by atoms with E-state index in [1.807, 2.05) is 20.8 Å². The average Bonchev–Trinajstić information content (AvgIpc) is 3.15. The molecule has 0 aliphatic heterocycles. The number of benzene rings is 3. The minimum atomic E-state index is -4.25. The summed E-state index contributed by atoms with van der Waals surface area (Å²) in [5, 5.41) is 2.52. The highest BCUT2D eigenvalue weighted by atomic mass is 32.2. The van der Waals surface area contributed by atoms with Crippen LogP contribution in [0.3, 0.4) is 0 Å². The summed E-state index contributed by atoms with van der Waals surface area (Å²) < 4.78 is 53.8. The maximum Gasteiger partial charge on any atom is 0.412 e. The fourth-order valence-electron chi connectivity index (χ4n) is 5.11. The highest BCUT2D eigenvalue weighted by molar-refractivity contribution is 7.92. The lowest BCUT2D eigenvalue weighted by atomic mass is 9.87. The van der Waals surface area contributed by atoms with E-state index in [2.05, 4.69) is 20.0 Å². The molecule has 0 saturated carbocycles. The highest BCUT2D eigenvalue weighted by Gasteiger charge is 2.27. The van der Waals surface area contributed by atoms with Gasteiger partial charge < -0.3 is 18.9 Å². The summed E-state index contributed by atoms with van der Waals surface area (Å²) in [5.74, 6) is 0.713. The number of rotatable bonds is 14. The summed E-state index contributed by atoms with van der Waals surface area (Å²) in [6.07, 6.45) is 2.33. The zero-order valence-electron chi connectivity index (χ0n) is 30.0. The number of amides is 2. The van der Waals surface area contributed by atoms with Gasteiger partial charge in [0.25, 0.3) is 15.9 Å². The lowest BCUT2D eigenvalue weighted by molar-refractivity contribution is 0.0987. The van der Waals surface area contributed by atoms with Crippen LogP contribution < -0.4 is 29.1 Å². The summed E-state index contributed by atoms with van der Waals surface area (Å²) in [5.41, 5.74) is 0.718. The number of nitrogens with one attached hydrogen (secondary N) is 2. The maximum absolute atomic E-state index is 14.1. The van der Waals surface area contributed by atoms with Crippen LogP contribution in [0, 0.1) is 0 Å². The number of hydrogen-bond acceptors (Lipinski definition) is 10. The number of carbonyl (C=O) groups is 2. The van der Waals surface area contributed by atoms with Gasteiger partial charge in [-0.3, -0.25) is 19.7 Å². The highest BCUT2D eigenvalue weighted by Crippen LogP contribution is 2.44. The number of nitrogens with zero attached hydrogens (tertiary/aromatic N) is 3. The van der Waals surface area contributed by atoms with Gasteiger partial charge in [-0.25, -0.2) is 23.2 Å². The largest absolute Gasteiger partial charge is 0.493 e. The molecule has 2 aromatic heterocycles. The van der Waals surface area contributed by atoms with Gasteiger partial charge in [-0.1, -0.05) is 57.2 Å². The second-order valence-electron chi connectivity index (χ2n) is 12.5. The molecule has 0 spiro atoms. The second kappa shape index (κ2) is 16.9. The molecule has 0 radical (unpaired) electrons. The van der Waals surface area contributed by atoms with Crippen LogP contribution in [0.25, 0.3) is 0 Å². The predicted molar refractivity (Wildman–Crippen MR) is 202 cm³/mol. The molecule has 53 heavy (non-hydrogen) atoms. The third-order valence-corrected chi connectivity index (χ3v) is 9.20. The fourth-order valence-corrected chi connectivity index (χ4v) is 6.16. The van der Waals surface area contributed by atoms with Crippen LogP contribution >= 0.6 is 0 Å². The van der Waals surface area contributed by atoms with Crippen LogP contribution in [0.4, 0.5) is 22.1 Å². The van der Waals surface area contributed by atoms with Crippen molar-refractivity contribution in [2.75, 3.05) is 41.8 Å². The van der Waals surface area contributed by atoms with Gasteiger partial charge in [0.15, 0.2) is 23.0 Å². The van der Waals surface area contributed by atoms with Gasteiger partial charge in [0.1, 0.15) is 24.8 Å². The normalized spacial score (nSPS) is 11.3. The van der Waals surface area contributed by atoms with Gasteiger partial charge in [-0.15, -0.1) is 0 Å². The second-order valence-corrected chi connectivity index (χ2v) is 14.2. The van der Waals surface area contributed by atoms with E-state index in [0.717, 1.165) is 5.56 Å². The van der Waals surface area contributed by atoms with Crippen LogP contribution in [0.15, 0.2) is 114 Å². The Kier molecular flexibility index (Phi) is 12.2. The Morgan fingerprint density at radius 1 is 0.811 bits per heavy atom. The summed E-state index contributed by atoms with van der Waals surface area (Å²) in [6.45, 7) is 7.72. The summed E-state index contributed by atoms with van der Waals surface area (Å²) in [7, 11) is -2.78. The lowest BCUT2D eigenvalue weighted by Gasteiger charge is -2.23. The molecule has 0 bridgehead atoms. The van der Waals surface area contributed by atoms with E-state index < -0.39 is 22.0 Å². The number of para-hydroxylation sites is 2. The molecule has 0 aliphatic carbocycles. The Bertz CT molecular complexity index is 2130. The first-order chi connectivity index (χ1) is 25.4. The average molecular weight is 740 g/mol. The van der Waals surface area contributed by atoms with Crippen LogP contribution in [-0.2, 0) is 20.2 Å². The molecule has 14 heteroatoms. The lowest BCUT2D eigenvalue weighted by Crippen LogP contribution is -2.31. The molecule has 0 aliphatic rings. The number of aromatic nitrogens is 2. The van der Waals surface area contributed by atoms with Crippen molar-refractivity contribution in [3.63, 3.8) is 0 Å². The standard InChI is InChI=1S/C39H41N5O8S/c1-6-44(35-16-10-12-22-41-35)37(45)27-25-30(43-53(47,48)29-19-17-28(18-20-29)39(2,3)4)36(52-32-14-8-7-13-31(32)49-5)33(26-27)50-23-24-51-38(46)42-34-15-9-11-21-40-34/h7-22,25-26,43H,6,23-24H2,1-5H3,(H,40,42,46). The van der Waals surface area contributed by atoms with Crippen LogP contribution in [0.2, 0.25) is 0 Å². The molecule has 0 saturated heterocycles. The number of ether oxygens (including phenoxy) is 4. The summed E-state index contributed by atoms with van der Waals surface area (Å²) >= 11 is 0. The molecule has 5 rings (SSSR count). The molecule has 5 aromatic rings. The van der Waals surface area contributed by atoms with Crippen molar-refractivity contribution < 1.29 is 37.0 Å². The Hall–Kier alpha value is -6.15. The Balaban J connectivity index is 1.56. The minimum Gasteiger partial charge on any atom is -0.493 e. The first kappa shape index (κ1) is 38.1. The van der Waals surface area contributed by atoms with Crippen LogP contribution in [-0.4, -0.2) is 57.3 Å². The molecule has 3 aromatic carbocycles. The number of carbonyl (C=O) groups excluding carboxylic acids is 2. The number of pyridine rings is 2. The molecule has 2 heterocycles. The molecule has 0 atom stereocenters. The molecule has 2 amide bonds. The van der Waals surface area contributed by atoms with E-state index in [0.29, 0.717) is 17.4 Å². The first-order valence-electron chi connectivity index (χ1n) is 16.7. The van der Waals surface area contributed by atoms with E-state index in [1.54, 1.807) is 85.9 Å². The molecule has 13 nitrogen and oxygen atoms in total. The molecule has 0 unspecified atom stereocenters.